The summed E-state index contributed by atoms with van der Waals surface area (Å²) < 4.78 is 18.7. The van der Waals surface area contributed by atoms with Crippen LogP contribution in [0.5, 0.6) is 0 Å². The first-order valence-corrected chi connectivity index (χ1v) is 8.44. The van der Waals surface area contributed by atoms with Crippen LogP contribution in [-0.2, 0) is 4.74 Å². The second-order valence-electron chi connectivity index (χ2n) is 5.96. The van der Waals surface area contributed by atoms with E-state index in [1.165, 1.54) is 12.1 Å². The Morgan fingerprint density at radius 3 is 3.00 bits per heavy atom. The highest BCUT2D eigenvalue weighted by Gasteiger charge is 2.30. The number of ether oxygens (including phenoxy) is 1. The Bertz CT molecular complexity index is 520. The molecule has 1 saturated heterocycles. The molecule has 6 heteroatoms. The molecule has 0 aliphatic carbocycles. The number of hydrogen-bond donors (Lipinski definition) is 1. The van der Waals surface area contributed by atoms with E-state index in [1.807, 2.05) is 6.92 Å². The van der Waals surface area contributed by atoms with Gasteiger partial charge in [-0.2, -0.15) is 0 Å². The van der Waals surface area contributed by atoms with Crippen LogP contribution in [0.2, 0.25) is 5.02 Å². The summed E-state index contributed by atoms with van der Waals surface area (Å²) in [6.07, 6.45) is 2.17. The van der Waals surface area contributed by atoms with E-state index in [1.54, 1.807) is 11.0 Å². The fourth-order valence-electron chi connectivity index (χ4n) is 2.85. The Labute approximate surface area is 141 Å². The minimum Gasteiger partial charge on any atom is -0.449 e. The van der Waals surface area contributed by atoms with Gasteiger partial charge in [-0.05, 0) is 43.0 Å². The molecule has 1 N–H and O–H groups in total. The molecule has 1 aliphatic heterocycles. The van der Waals surface area contributed by atoms with Crippen LogP contribution in [0.4, 0.5) is 9.18 Å². The van der Waals surface area contributed by atoms with Crippen LogP contribution in [0.3, 0.4) is 0 Å². The molecule has 1 amide bonds. The number of aliphatic hydroxyl groups is 1. The molecule has 2 unspecified atom stereocenters. The minimum absolute atomic E-state index is 0.152. The predicted octanol–water partition coefficient (Wildman–Crippen LogP) is 4.16. The average Bonchev–Trinajstić information content (AvgIpc) is 2.53. The van der Waals surface area contributed by atoms with Crippen molar-refractivity contribution >= 4 is 17.7 Å². The largest absolute Gasteiger partial charge is 0.449 e. The number of carbonyl (C=O) groups excluding carboxylic acids is 1. The molecule has 1 fully saturated rings. The molecule has 1 heterocycles. The van der Waals surface area contributed by atoms with E-state index in [4.69, 9.17) is 16.3 Å². The van der Waals surface area contributed by atoms with Gasteiger partial charge >= 0.3 is 6.09 Å². The Hall–Kier alpha value is -1.33. The van der Waals surface area contributed by atoms with Gasteiger partial charge in [-0.3, -0.25) is 0 Å². The average molecular weight is 344 g/mol. The molecule has 1 aromatic carbocycles. The summed E-state index contributed by atoms with van der Waals surface area (Å²) in [5, 5.41) is 10.8. The number of rotatable bonds is 5. The number of hydrogen-bond acceptors (Lipinski definition) is 3. The number of benzene rings is 1. The maximum Gasteiger partial charge on any atom is 0.409 e. The quantitative estimate of drug-likeness (QED) is 0.817. The van der Waals surface area contributed by atoms with E-state index in [9.17, 15) is 14.3 Å². The summed E-state index contributed by atoms with van der Waals surface area (Å²) in [4.78, 5) is 13.6. The predicted molar refractivity (Wildman–Crippen MR) is 86.9 cm³/mol. The third kappa shape index (κ3) is 5.08. The zero-order chi connectivity index (χ0) is 16.8. The van der Waals surface area contributed by atoms with Crippen molar-refractivity contribution in [1.29, 1.82) is 0 Å². The lowest BCUT2D eigenvalue weighted by Crippen LogP contribution is -2.42. The molecule has 0 spiro atoms. The molecule has 0 saturated carbocycles. The lowest BCUT2D eigenvalue weighted by Gasteiger charge is -2.34. The second kappa shape index (κ2) is 8.50. The smallest absolute Gasteiger partial charge is 0.409 e. The van der Waals surface area contributed by atoms with E-state index in [-0.39, 0.29) is 17.0 Å². The van der Waals surface area contributed by atoms with Crippen LogP contribution < -0.4 is 0 Å². The second-order valence-corrected chi connectivity index (χ2v) is 6.40. The number of piperidine rings is 1. The first-order chi connectivity index (χ1) is 11.0. The first kappa shape index (κ1) is 18.0. The van der Waals surface area contributed by atoms with Crippen LogP contribution in [0, 0.1) is 11.7 Å². The van der Waals surface area contributed by atoms with Crippen LogP contribution >= 0.6 is 11.6 Å². The molecule has 0 aromatic heterocycles. The molecule has 1 aromatic rings. The summed E-state index contributed by atoms with van der Waals surface area (Å²) in [6.45, 7) is 3.47. The van der Waals surface area contributed by atoms with Gasteiger partial charge in [0.2, 0.25) is 0 Å². The molecule has 2 rings (SSSR count). The molecular formula is C17H23ClFNO3. The Morgan fingerprint density at radius 1 is 1.52 bits per heavy atom. The van der Waals surface area contributed by atoms with E-state index in [0.29, 0.717) is 25.3 Å². The zero-order valence-electron chi connectivity index (χ0n) is 13.3. The fourth-order valence-corrected chi connectivity index (χ4v) is 3.08. The zero-order valence-corrected chi connectivity index (χ0v) is 14.1. The summed E-state index contributed by atoms with van der Waals surface area (Å²) in [6, 6.07) is 4.05. The summed E-state index contributed by atoms with van der Waals surface area (Å²) in [5.41, 5.74) is 0.446. The lowest BCUT2D eigenvalue weighted by atomic mass is 9.88. The number of unbranched alkanes of at least 4 members (excludes halogenated alkanes) is 1. The molecule has 4 nitrogen and oxygen atoms in total. The van der Waals surface area contributed by atoms with Crippen molar-refractivity contribution in [1.82, 2.24) is 4.90 Å². The number of halogens is 2. The van der Waals surface area contributed by atoms with Gasteiger partial charge in [-0.1, -0.05) is 24.9 Å². The topological polar surface area (TPSA) is 49.8 Å². The van der Waals surface area contributed by atoms with Crippen LogP contribution in [0.15, 0.2) is 18.2 Å². The standard InChI is InChI=1S/C17H23ClFNO3/c1-2-3-7-23-17(22)20-6-4-5-12(11-20)16(21)13-8-14(18)10-15(19)9-13/h8-10,12,16,21H,2-7,11H2,1H3. The highest BCUT2D eigenvalue weighted by molar-refractivity contribution is 6.30. The van der Waals surface area contributed by atoms with Gasteiger partial charge in [-0.15, -0.1) is 0 Å². The number of aliphatic hydroxyl groups excluding tert-OH is 1. The summed E-state index contributed by atoms with van der Waals surface area (Å²) >= 11 is 5.85. The summed E-state index contributed by atoms with van der Waals surface area (Å²) in [5.74, 6) is -0.626. The van der Waals surface area contributed by atoms with E-state index in [0.717, 1.165) is 25.7 Å². The molecule has 2 atom stereocenters. The SMILES string of the molecule is CCCCOC(=O)N1CCCC(C(O)c2cc(F)cc(Cl)c2)C1. The maximum absolute atomic E-state index is 13.5. The molecular weight excluding hydrogens is 321 g/mol. The van der Waals surface area contributed by atoms with Crippen molar-refractivity contribution in [2.24, 2.45) is 5.92 Å². The van der Waals surface area contributed by atoms with E-state index in [2.05, 4.69) is 0 Å². The molecule has 23 heavy (non-hydrogen) atoms. The Balaban J connectivity index is 1.98. The van der Waals surface area contributed by atoms with Crippen LogP contribution in [-0.4, -0.2) is 35.8 Å². The van der Waals surface area contributed by atoms with Crippen molar-refractivity contribution in [2.45, 2.75) is 38.7 Å². The molecule has 128 valence electrons. The van der Waals surface area contributed by atoms with Crippen molar-refractivity contribution in [3.63, 3.8) is 0 Å². The van der Waals surface area contributed by atoms with Gasteiger partial charge < -0.3 is 14.7 Å². The van der Waals surface area contributed by atoms with Crippen molar-refractivity contribution < 1.29 is 19.0 Å². The highest BCUT2D eigenvalue weighted by atomic mass is 35.5. The third-order valence-electron chi connectivity index (χ3n) is 4.11. The normalized spacial score (nSPS) is 19.5. The highest BCUT2D eigenvalue weighted by Crippen LogP contribution is 2.31. The van der Waals surface area contributed by atoms with E-state index >= 15 is 0 Å². The monoisotopic (exact) mass is 343 g/mol. The van der Waals surface area contributed by atoms with E-state index < -0.39 is 11.9 Å². The van der Waals surface area contributed by atoms with Gasteiger partial charge in [0.25, 0.3) is 0 Å². The van der Waals surface area contributed by atoms with Gasteiger partial charge in [0, 0.05) is 24.0 Å². The molecule has 1 aliphatic rings. The van der Waals surface area contributed by atoms with Gasteiger partial charge in [0.05, 0.1) is 12.7 Å². The number of carbonyl (C=O) groups is 1. The van der Waals surface area contributed by atoms with Crippen LogP contribution in [0.1, 0.15) is 44.3 Å². The van der Waals surface area contributed by atoms with Crippen molar-refractivity contribution in [3.05, 3.63) is 34.6 Å². The minimum atomic E-state index is -0.852. The molecule has 0 bridgehead atoms. The Morgan fingerprint density at radius 2 is 2.30 bits per heavy atom. The maximum atomic E-state index is 13.5. The van der Waals surface area contributed by atoms with Gasteiger partial charge in [0.1, 0.15) is 5.82 Å². The summed E-state index contributed by atoms with van der Waals surface area (Å²) in [7, 11) is 0. The van der Waals surface area contributed by atoms with Crippen molar-refractivity contribution in [2.75, 3.05) is 19.7 Å². The number of nitrogens with zero attached hydrogens (tertiary/aromatic N) is 1. The third-order valence-corrected chi connectivity index (χ3v) is 4.33. The number of likely N-dealkylation sites (tertiary alicyclic amines) is 1. The lowest BCUT2D eigenvalue weighted by molar-refractivity contribution is 0.0388. The fraction of sp³-hybridized carbons (Fsp3) is 0.588. The first-order valence-electron chi connectivity index (χ1n) is 8.07. The Kier molecular flexibility index (Phi) is 6.66. The van der Waals surface area contributed by atoms with Gasteiger partial charge in [0.15, 0.2) is 0 Å². The van der Waals surface area contributed by atoms with Crippen molar-refractivity contribution in [3.8, 4) is 0 Å². The number of amides is 1. The van der Waals surface area contributed by atoms with Crippen LogP contribution in [0.25, 0.3) is 0 Å². The molecule has 0 radical (unpaired) electrons. The van der Waals surface area contributed by atoms with Gasteiger partial charge in [-0.25, -0.2) is 9.18 Å².